The fourth-order valence-electron chi connectivity index (χ4n) is 0.839. The second-order valence-corrected chi connectivity index (χ2v) is 3.34. The Labute approximate surface area is 88.2 Å². The van der Waals surface area contributed by atoms with Gasteiger partial charge in [-0.2, -0.15) is 0 Å². The fraction of sp³-hybridized carbons (Fsp3) is 0.143. The molecule has 0 saturated heterocycles. The monoisotopic (exact) mass is 229 g/mol. The quantitative estimate of drug-likeness (QED) is 0.576. The molecule has 1 rings (SSSR count). The van der Waals surface area contributed by atoms with Crippen molar-refractivity contribution in [1.29, 1.82) is 0 Å². The summed E-state index contributed by atoms with van der Waals surface area (Å²) < 4.78 is 0. The summed E-state index contributed by atoms with van der Waals surface area (Å²) in [6, 6.07) is 0.506. The van der Waals surface area contributed by atoms with Crippen LogP contribution in [0, 0.1) is 10.1 Å². The van der Waals surface area contributed by atoms with Crippen molar-refractivity contribution in [1.82, 2.24) is 10.6 Å². The van der Waals surface area contributed by atoms with Gasteiger partial charge in [-0.3, -0.25) is 20.2 Å². The van der Waals surface area contributed by atoms with E-state index in [-0.39, 0.29) is 10.6 Å². The third-order valence-corrected chi connectivity index (χ3v) is 2.40. The van der Waals surface area contributed by atoms with Crippen molar-refractivity contribution in [2.24, 2.45) is 0 Å². The average molecular weight is 229 g/mol. The summed E-state index contributed by atoms with van der Waals surface area (Å²) >= 11 is 0.905. The van der Waals surface area contributed by atoms with Crippen LogP contribution in [0.25, 0.3) is 0 Å². The van der Waals surface area contributed by atoms with Gasteiger partial charge in [-0.25, -0.2) is 4.79 Å². The first kappa shape index (κ1) is 11.1. The van der Waals surface area contributed by atoms with Crippen LogP contribution in [0.1, 0.15) is 9.67 Å². The Morgan fingerprint density at radius 2 is 2.20 bits per heavy atom. The van der Waals surface area contributed by atoms with E-state index >= 15 is 0 Å². The molecule has 15 heavy (non-hydrogen) atoms. The number of amides is 3. The molecule has 8 heteroatoms. The van der Waals surface area contributed by atoms with E-state index in [1.165, 1.54) is 18.5 Å². The zero-order valence-corrected chi connectivity index (χ0v) is 8.46. The second-order valence-electron chi connectivity index (χ2n) is 2.43. The number of nitrogens with one attached hydrogen (secondary N) is 2. The van der Waals surface area contributed by atoms with E-state index < -0.39 is 16.9 Å². The Morgan fingerprint density at radius 1 is 1.53 bits per heavy atom. The maximum Gasteiger partial charge on any atom is 0.321 e. The summed E-state index contributed by atoms with van der Waals surface area (Å²) in [6.07, 6.45) is 0. The zero-order valence-electron chi connectivity index (χ0n) is 7.64. The number of hydrogen-bond donors (Lipinski definition) is 2. The standard InChI is InChI=1S/C7H7N3O4S/c1-8-7(12)9-6(11)5-4(10(13)14)2-3-15-5/h2-3H,1H3,(H2,8,9,11,12). The highest BCUT2D eigenvalue weighted by molar-refractivity contribution is 7.12. The zero-order chi connectivity index (χ0) is 11.4. The van der Waals surface area contributed by atoms with Crippen molar-refractivity contribution >= 4 is 29.0 Å². The van der Waals surface area contributed by atoms with Gasteiger partial charge in [0.25, 0.3) is 11.6 Å². The number of urea groups is 1. The molecule has 0 radical (unpaired) electrons. The van der Waals surface area contributed by atoms with Crippen LogP contribution >= 0.6 is 11.3 Å². The molecule has 0 aliphatic carbocycles. The smallest absolute Gasteiger partial charge is 0.321 e. The summed E-state index contributed by atoms with van der Waals surface area (Å²) in [5, 5.41) is 16.0. The minimum atomic E-state index is -0.781. The second kappa shape index (κ2) is 4.51. The lowest BCUT2D eigenvalue weighted by atomic mass is 10.4. The highest BCUT2D eigenvalue weighted by atomic mass is 32.1. The number of rotatable bonds is 2. The number of nitrogens with zero attached hydrogens (tertiary/aromatic N) is 1. The lowest BCUT2D eigenvalue weighted by Crippen LogP contribution is -2.37. The van der Waals surface area contributed by atoms with Crippen LogP contribution in [-0.4, -0.2) is 23.9 Å². The van der Waals surface area contributed by atoms with Crippen LogP contribution in [0.3, 0.4) is 0 Å². The van der Waals surface area contributed by atoms with Gasteiger partial charge in [0.2, 0.25) is 0 Å². The van der Waals surface area contributed by atoms with Crippen molar-refractivity contribution < 1.29 is 14.5 Å². The maximum atomic E-state index is 11.3. The molecule has 1 aromatic heterocycles. The largest absolute Gasteiger partial charge is 0.341 e. The van der Waals surface area contributed by atoms with E-state index in [1.54, 1.807) is 0 Å². The van der Waals surface area contributed by atoms with Crippen molar-refractivity contribution in [3.63, 3.8) is 0 Å². The third kappa shape index (κ3) is 2.50. The molecule has 0 aliphatic rings. The molecule has 1 aromatic rings. The van der Waals surface area contributed by atoms with E-state index in [0.717, 1.165) is 11.3 Å². The molecular formula is C7H7N3O4S. The molecule has 0 unspecified atom stereocenters. The first-order valence-corrected chi connectivity index (χ1v) is 4.69. The molecule has 0 aliphatic heterocycles. The first-order valence-electron chi connectivity index (χ1n) is 3.81. The number of imide groups is 1. The third-order valence-electron chi connectivity index (χ3n) is 1.50. The predicted molar refractivity (Wildman–Crippen MR) is 52.9 cm³/mol. The van der Waals surface area contributed by atoms with Crippen LogP contribution < -0.4 is 10.6 Å². The number of carbonyl (C=O) groups is 2. The van der Waals surface area contributed by atoms with Gasteiger partial charge in [0.1, 0.15) is 0 Å². The molecule has 0 aromatic carbocycles. The summed E-state index contributed by atoms with van der Waals surface area (Å²) in [5.41, 5.74) is -0.304. The van der Waals surface area contributed by atoms with E-state index in [9.17, 15) is 19.7 Å². The number of hydrogen-bond acceptors (Lipinski definition) is 5. The van der Waals surface area contributed by atoms with Gasteiger partial charge >= 0.3 is 6.03 Å². The summed E-state index contributed by atoms with van der Waals surface area (Å²) in [4.78, 5) is 31.8. The minimum Gasteiger partial charge on any atom is -0.341 e. The van der Waals surface area contributed by atoms with Crippen LogP contribution in [0.5, 0.6) is 0 Å². The summed E-state index contributed by atoms with van der Waals surface area (Å²) in [5.74, 6) is -0.781. The van der Waals surface area contributed by atoms with Gasteiger partial charge in [-0.1, -0.05) is 0 Å². The van der Waals surface area contributed by atoms with Crippen molar-refractivity contribution in [3.05, 3.63) is 26.4 Å². The number of thiophene rings is 1. The van der Waals surface area contributed by atoms with Crippen LogP contribution in [0.2, 0.25) is 0 Å². The molecule has 3 amide bonds. The number of carbonyl (C=O) groups excluding carboxylic acids is 2. The Balaban J connectivity index is 2.87. The Hall–Kier alpha value is -1.96. The van der Waals surface area contributed by atoms with Gasteiger partial charge in [-0.15, -0.1) is 11.3 Å². The fourth-order valence-corrected chi connectivity index (χ4v) is 1.59. The van der Waals surface area contributed by atoms with E-state index in [4.69, 9.17) is 0 Å². The normalized spacial score (nSPS) is 9.40. The van der Waals surface area contributed by atoms with Crippen LogP contribution in [0.15, 0.2) is 11.4 Å². The van der Waals surface area contributed by atoms with Gasteiger partial charge < -0.3 is 5.32 Å². The molecule has 0 saturated carbocycles. The Bertz CT molecular complexity index is 414. The van der Waals surface area contributed by atoms with E-state index in [2.05, 4.69) is 5.32 Å². The molecular weight excluding hydrogens is 222 g/mol. The topological polar surface area (TPSA) is 101 Å². The van der Waals surface area contributed by atoms with Gasteiger partial charge in [0, 0.05) is 13.1 Å². The average Bonchev–Trinajstić information content (AvgIpc) is 2.65. The van der Waals surface area contributed by atoms with Gasteiger partial charge in [0.15, 0.2) is 4.88 Å². The number of nitro groups is 1. The summed E-state index contributed by atoms with van der Waals surface area (Å²) in [7, 11) is 1.34. The molecule has 0 fully saturated rings. The van der Waals surface area contributed by atoms with Crippen molar-refractivity contribution in [2.75, 3.05) is 7.05 Å². The molecule has 1 heterocycles. The molecule has 0 spiro atoms. The highest BCUT2D eigenvalue weighted by Gasteiger charge is 2.22. The Kier molecular flexibility index (Phi) is 3.34. The lowest BCUT2D eigenvalue weighted by Gasteiger charge is -2.00. The first-order chi connectivity index (χ1) is 7.06. The van der Waals surface area contributed by atoms with E-state index in [1.807, 2.05) is 5.32 Å². The lowest BCUT2D eigenvalue weighted by molar-refractivity contribution is -0.384. The molecule has 7 nitrogen and oxygen atoms in total. The van der Waals surface area contributed by atoms with Gasteiger partial charge in [-0.05, 0) is 5.38 Å². The van der Waals surface area contributed by atoms with Crippen molar-refractivity contribution in [3.8, 4) is 0 Å². The minimum absolute atomic E-state index is 0.0939. The summed E-state index contributed by atoms with van der Waals surface area (Å²) in [6.45, 7) is 0. The van der Waals surface area contributed by atoms with Crippen LogP contribution in [0.4, 0.5) is 10.5 Å². The molecule has 80 valence electrons. The highest BCUT2D eigenvalue weighted by Crippen LogP contribution is 2.23. The van der Waals surface area contributed by atoms with E-state index in [0.29, 0.717) is 0 Å². The van der Waals surface area contributed by atoms with Gasteiger partial charge in [0.05, 0.1) is 4.92 Å². The van der Waals surface area contributed by atoms with Crippen molar-refractivity contribution in [2.45, 2.75) is 0 Å². The molecule has 0 bridgehead atoms. The maximum absolute atomic E-state index is 11.3. The predicted octanol–water partition coefficient (Wildman–Crippen LogP) is 0.726. The molecule has 2 N–H and O–H groups in total. The van der Waals surface area contributed by atoms with Crippen LogP contribution in [-0.2, 0) is 0 Å². The molecule has 0 atom stereocenters. The Morgan fingerprint density at radius 3 is 2.73 bits per heavy atom. The SMILES string of the molecule is CNC(=O)NC(=O)c1sccc1[N+](=O)[O-].